The van der Waals surface area contributed by atoms with E-state index in [1.807, 2.05) is 24.3 Å². The van der Waals surface area contributed by atoms with Gasteiger partial charge in [0.25, 0.3) is 0 Å². The standard InChI is InChI=1S/C15H15NO3/c1-19-10-8-11-4-6-12(7-5-11)13-3-2-9-16-14(13)15(17)18/h2-7,9H,8,10H2,1H3,(H,17,18). The molecule has 0 aliphatic carbocycles. The van der Waals surface area contributed by atoms with Crippen molar-refractivity contribution in [2.24, 2.45) is 0 Å². The molecule has 1 aromatic heterocycles. The number of carboxylic acids is 1. The predicted molar refractivity (Wildman–Crippen MR) is 72.2 cm³/mol. The van der Waals surface area contributed by atoms with Gasteiger partial charge in [0.05, 0.1) is 6.61 Å². The minimum atomic E-state index is -1.01. The summed E-state index contributed by atoms with van der Waals surface area (Å²) in [6.45, 7) is 0.673. The average molecular weight is 257 g/mol. The molecule has 0 spiro atoms. The van der Waals surface area contributed by atoms with E-state index in [0.717, 1.165) is 17.5 Å². The van der Waals surface area contributed by atoms with Crippen molar-refractivity contribution in [1.82, 2.24) is 4.98 Å². The fourth-order valence-electron chi connectivity index (χ4n) is 1.88. The summed E-state index contributed by atoms with van der Waals surface area (Å²) < 4.78 is 5.02. The van der Waals surface area contributed by atoms with Crippen LogP contribution in [0.5, 0.6) is 0 Å². The molecule has 4 heteroatoms. The summed E-state index contributed by atoms with van der Waals surface area (Å²) in [4.78, 5) is 15.0. The van der Waals surface area contributed by atoms with Crippen LogP contribution in [0.1, 0.15) is 16.1 Å². The summed E-state index contributed by atoms with van der Waals surface area (Å²) in [5.41, 5.74) is 2.72. The van der Waals surface area contributed by atoms with Gasteiger partial charge in [-0.1, -0.05) is 30.3 Å². The molecule has 98 valence electrons. The molecule has 1 N–H and O–H groups in total. The van der Waals surface area contributed by atoms with Crippen LogP contribution in [-0.4, -0.2) is 29.8 Å². The molecule has 1 heterocycles. The Labute approximate surface area is 111 Å². The van der Waals surface area contributed by atoms with Gasteiger partial charge in [0.15, 0.2) is 5.69 Å². The molecule has 2 rings (SSSR count). The van der Waals surface area contributed by atoms with Crippen LogP contribution >= 0.6 is 0 Å². The van der Waals surface area contributed by atoms with E-state index in [-0.39, 0.29) is 5.69 Å². The lowest BCUT2D eigenvalue weighted by molar-refractivity contribution is 0.0691. The molecule has 0 unspecified atom stereocenters. The lowest BCUT2D eigenvalue weighted by Crippen LogP contribution is -2.02. The van der Waals surface area contributed by atoms with Crippen molar-refractivity contribution < 1.29 is 14.6 Å². The number of aromatic nitrogens is 1. The molecule has 19 heavy (non-hydrogen) atoms. The average Bonchev–Trinajstić information content (AvgIpc) is 2.45. The first-order chi connectivity index (χ1) is 9.22. The fourth-order valence-corrected chi connectivity index (χ4v) is 1.88. The lowest BCUT2D eigenvalue weighted by atomic mass is 10.0. The number of rotatable bonds is 5. The van der Waals surface area contributed by atoms with Gasteiger partial charge in [-0.05, 0) is 23.6 Å². The van der Waals surface area contributed by atoms with Gasteiger partial charge in [-0.2, -0.15) is 0 Å². The van der Waals surface area contributed by atoms with Gasteiger partial charge >= 0.3 is 5.97 Å². The predicted octanol–water partition coefficient (Wildman–Crippen LogP) is 2.64. The Bertz CT molecular complexity index is 564. The lowest BCUT2D eigenvalue weighted by Gasteiger charge is -2.06. The van der Waals surface area contributed by atoms with Crippen LogP contribution in [0.4, 0.5) is 0 Å². The Morgan fingerprint density at radius 1 is 1.26 bits per heavy atom. The summed E-state index contributed by atoms with van der Waals surface area (Å²) in [5.74, 6) is -1.01. The van der Waals surface area contributed by atoms with Crippen molar-refractivity contribution in [3.8, 4) is 11.1 Å². The molecule has 0 radical (unpaired) electrons. The zero-order chi connectivity index (χ0) is 13.7. The Morgan fingerprint density at radius 3 is 2.63 bits per heavy atom. The summed E-state index contributed by atoms with van der Waals surface area (Å²) >= 11 is 0. The third kappa shape index (κ3) is 3.17. The molecule has 0 aliphatic rings. The minimum Gasteiger partial charge on any atom is -0.476 e. The molecule has 2 aromatic rings. The molecule has 0 amide bonds. The van der Waals surface area contributed by atoms with Crippen LogP contribution in [-0.2, 0) is 11.2 Å². The molecule has 0 aliphatic heterocycles. The highest BCUT2D eigenvalue weighted by atomic mass is 16.5. The maximum atomic E-state index is 11.1. The topological polar surface area (TPSA) is 59.4 Å². The van der Waals surface area contributed by atoms with E-state index in [4.69, 9.17) is 9.84 Å². The first kappa shape index (κ1) is 13.2. The number of pyridine rings is 1. The normalized spacial score (nSPS) is 10.4. The van der Waals surface area contributed by atoms with E-state index in [1.165, 1.54) is 6.20 Å². The molecule has 0 atom stereocenters. The van der Waals surface area contributed by atoms with Crippen molar-refractivity contribution in [2.75, 3.05) is 13.7 Å². The number of methoxy groups -OCH3 is 1. The number of benzene rings is 1. The Balaban J connectivity index is 2.30. The van der Waals surface area contributed by atoms with Crippen LogP contribution in [0, 0.1) is 0 Å². The molecule has 1 aromatic carbocycles. The number of aromatic carboxylic acids is 1. The molecular weight excluding hydrogens is 242 g/mol. The monoisotopic (exact) mass is 257 g/mol. The minimum absolute atomic E-state index is 0.0761. The molecule has 4 nitrogen and oxygen atoms in total. The smallest absolute Gasteiger partial charge is 0.355 e. The second-order valence-electron chi connectivity index (χ2n) is 4.14. The molecule has 0 saturated carbocycles. The number of carboxylic acid groups (broad SMARTS) is 1. The molecule has 0 bridgehead atoms. The third-order valence-electron chi connectivity index (χ3n) is 2.87. The SMILES string of the molecule is COCCc1ccc(-c2cccnc2C(=O)O)cc1. The largest absolute Gasteiger partial charge is 0.476 e. The van der Waals surface area contributed by atoms with Gasteiger partial charge in [-0.3, -0.25) is 0 Å². The van der Waals surface area contributed by atoms with Gasteiger partial charge in [0.2, 0.25) is 0 Å². The number of hydrogen-bond donors (Lipinski definition) is 1. The van der Waals surface area contributed by atoms with Crippen molar-refractivity contribution in [1.29, 1.82) is 0 Å². The Hall–Kier alpha value is -2.20. The molecule has 0 saturated heterocycles. The number of nitrogens with zero attached hydrogens (tertiary/aromatic N) is 1. The molecular formula is C15H15NO3. The summed E-state index contributed by atoms with van der Waals surface area (Å²) in [6, 6.07) is 11.3. The van der Waals surface area contributed by atoms with Crippen molar-refractivity contribution in [3.63, 3.8) is 0 Å². The highest BCUT2D eigenvalue weighted by Crippen LogP contribution is 2.22. The van der Waals surface area contributed by atoms with Crippen LogP contribution in [0.25, 0.3) is 11.1 Å². The Kier molecular flexibility index (Phi) is 4.26. The van der Waals surface area contributed by atoms with Gasteiger partial charge in [-0.15, -0.1) is 0 Å². The van der Waals surface area contributed by atoms with E-state index in [2.05, 4.69) is 4.98 Å². The quantitative estimate of drug-likeness (QED) is 0.894. The van der Waals surface area contributed by atoms with E-state index in [1.54, 1.807) is 19.2 Å². The second kappa shape index (κ2) is 6.11. The van der Waals surface area contributed by atoms with Crippen molar-refractivity contribution >= 4 is 5.97 Å². The zero-order valence-corrected chi connectivity index (χ0v) is 10.7. The van der Waals surface area contributed by atoms with Crippen LogP contribution < -0.4 is 0 Å². The van der Waals surface area contributed by atoms with Crippen molar-refractivity contribution in [3.05, 3.63) is 53.9 Å². The first-order valence-electron chi connectivity index (χ1n) is 5.99. The van der Waals surface area contributed by atoms with Crippen LogP contribution in [0.3, 0.4) is 0 Å². The maximum Gasteiger partial charge on any atom is 0.355 e. The van der Waals surface area contributed by atoms with E-state index in [0.29, 0.717) is 12.2 Å². The highest BCUT2D eigenvalue weighted by molar-refractivity contribution is 5.93. The van der Waals surface area contributed by atoms with Gasteiger partial charge in [0, 0.05) is 18.9 Å². The highest BCUT2D eigenvalue weighted by Gasteiger charge is 2.12. The van der Waals surface area contributed by atoms with Gasteiger partial charge in [0.1, 0.15) is 0 Å². The summed E-state index contributed by atoms with van der Waals surface area (Å²) in [7, 11) is 1.67. The van der Waals surface area contributed by atoms with Crippen LogP contribution in [0.2, 0.25) is 0 Å². The summed E-state index contributed by atoms with van der Waals surface area (Å²) in [6.07, 6.45) is 2.33. The Morgan fingerprint density at radius 2 is 2.00 bits per heavy atom. The van der Waals surface area contributed by atoms with E-state index >= 15 is 0 Å². The first-order valence-corrected chi connectivity index (χ1v) is 5.99. The fraction of sp³-hybridized carbons (Fsp3) is 0.200. The molecule has 0 fully saturated rings. The third-order valence-corrected chi connectivity index (χ3v) is 2.87. The van der Waals surface area contributed by atoms with E-state index in [9.17, 15) is 4.79 Å². The second-order valence-corrected chi connectivity index (χ2v) is 4.14. The van der Waals surface area contributed by atoms with Gasteiger partial charge < -0.3 is 9.84 Å². The van der Waals surface area contributed by atoms with Crippen LogP contribution in [0.15, 0.2) is 42.6 Å². The number of hydrogen-bond acceptors (Lipinski definition) is 3. The zero-order valence-electron chi connectivity index (χ0n) is 10.7. The number of ether oxygens (including phenoxy) is 1. The number of carbonyl (C=O) groups is 1. The van der Waals surface area contributed by atoms with Gasteiger partial charge in [-0.25, -0.2) is 9.78 Å². The maximum absolute atomic E-state index is 11.1. The van der Waals surface area contributed by atoms with Crippen molar-refractivity contribution in [2.45, 2.75) is 6.42 Å². The summed E-state index contributed by atoms with van der Waals surface area (Å²) in [5, 5.41) is 9.12. The van der Waals surface area contributed by atoms with E-state index < -0.39 is 5.97 Å².